The van der Waals surface area contributed by atoms with Gasteiger partial charge in [-0.2, -0.15) is 13.2 Å². The Morgan fingerprint density at radius 3 is 2.03 bits per heavy atom. The summed E-state index contributed by atoms with van der Waals surface area (Å²) in [6, 6.07) is 16.4. The molecule has 0 unspecified atom stereocenters. The molecule has 0 aliphatic carbocycles. The molecule has 0 amide bonds. The minimum Gasteiger partial charge on any atom is -0.475 e. The number of likely N-dealkylation sites (tertiary alicyclic amines) is 1. The number of carboxylic acids is 1. The van der Waals surface area contributed by atoms with Crippen LogP contribution in [-0.2, 0) is 21.2 Å². The molecule has 0 aromatic heterocycles. The van der Waals surface area contributed by atoms with E-state index in [-0.39, 0.29) is 0 Å². The van der Waals surface area contributed by atoms with E-state index in [1.807, 2.05) is 12.1 Å². The molecule has 0 radical (unpaired) electrons. The standard InChI is InChI=1S/C21H28N2O2S.C2HF3O2/c1-3-22-26(24,25)21-12-10-20(11-13-21)19-8-6-18(7-9-19)14-16-23-15-4-5-17(23)2;3-2(4,5)1(6)7/h6-13,17,22H,3-5,14-16H2,1-2H3;(H,6,7)/t17-;/m1./s1. The zero-order chi connectivity index (χ0) is 24.6. The molecule has 33 heavy (non-hydrogen) atoms. The van der Waals surface area contributed by atoms with Crippen molar-refractivity contribution in [2.75, 3.05) is 19.6 Å². The molecule has 3 rings (SSSR count). The lowest BCUT2D eigenvalue weighted by atomic mass is 10.0. The Labute approximate surface area is 192 Å². The fourth-order valence-corrected chi connectivity index (χ4v) is 4.60. The van der Waals surface area contributed by atoms with Crippen LogP contribution in [0.1, 0.15) is 32.3 Å². The molecule has 1 fully saturated rings. The van der Waals surface area contributed by atoms with E-state index in [4.69, 9.17) is 9.90 Å². The topological polar surface area (TPSA) is 86.7 Å². The molecule has 0 bridgehead atoms. The van der Waals surface area contributed by atoms with E-state index >= 15 is 0 Å². The van der Waals surface area contributed by atoms with Crippen LogP contribution in [0.2, 0.25) is 0 Å². The van der Waals surface area contributed by atoms with Crippen LogP contribution in [0.25, 0.3) is 11.1 Å². The van der Waals surface area contributed by atoms with E-state index < -0.39 is 22.2 Å². The molecule has 0 spiro atoms. The monoisotopic (exact) mass is 486 g/mol. The van der Waals surface area contributed by atoms with Crippen LogP contribution in [0.15, 0.2) is 53.4 Å². The lowest BCUT2D eigenvalue weighted by molar-refractivity contribution is -0.192. The van der Waals surface area contributed by atoms with Gasteiger partial charge in [-0.15, -0.1) is 0 Å². The van der Waals surface area contributed by atoms with Gasteiger partial charge in [0, 0.05) is 19.1 Å². The van der Waals surface area contributed by atoms with Crippen molar-refractivity contribution < 1.29 is 31.5 Å². The second kappa shape index (κ2) is 11.6. The maximum atomic E-state index is 12.0. The number of hydrogen-bond acceptors (Lipinski definition) is 4. The van der Waals surface area contributed by atoms with Crippen molar-refractivity contribution in [2.45, 2.75) is 50.2 Å². The Morgan fingerprint density at radius 1 is 1.09 bits per heavy atom. The third-order valence-corrected chi connectivity index (χ3v) is 6.97. The van der Waals surface area contributed by atoms with E-state index in [1.165, 1.54) is 24.9 Å². The van der Waals surface area contributed by atoms with Gasteiger partial charge in [0.2, 0.25) is 10.0 Å². The number of nitrogens with one attached hydrogen (secondary N) is 1. The third kappa shape index (κ3) is 8.13. The molecule has 2 aromatic rings. The molecule has 1 atom stereocenters. The predicted octanol–water partition coefficient (Wildman–Crippen LogP) is 4.31. The summed E-state index contributed by atoms with van der Waals surface area (Å²) in [4.78, 5) is 11.8. The molecule has 10 heteroatoms. The van der Waals surface area contributed by atoms with E-state index in [0.717, 1.165) is 24.1 Å². The number of sulfonamides is 1. The lowest BCUT2D eigenvalue weighted by Gasteiger charge is -2.20. The third-order valence-electron chi connectivity index (χ3n) is 5.41. The lowest BCUT2D eigenvalue weighted by Crippen LogP contribution is -2.28. The number of aliphatic carboxylic acids is 1. The van der Waals surface area contributed by atoms with Gasteiger partial charge in [-0.3, -0.25) is 0 Å². The van der Waals surface area contributed by atoms with Gasteiger partial charge in [0.05, 0.1) is 4.90 Å². The van der Waals surface area contributed by atoms with Crippen molar-refractivity contribution in [1.82, 2.24) is 9.62 Å². The number of carboxylic acid groups (broad SMARTS) is 1. The molecule has 2 aromatic carbocycles. The minimum atomic E-state index is -5.08. The molecule has 0 saturated carbocycles. The second-order valence-corrected chi connectivity index (χ2v) is 9.57. The first kappa shape index (κ1) is 26.8. The SMILES string of the molecule is CCNS(=O)(=O)c1ccc(-c2ccc(CCN3CCC[C@H]3C)cc2)cc1.O=C(O)C(F)(F)F. The van der Waals surface area contributed by atoms with Gasteiger partial charge in [-0.25, -0.2) is 17.9 Å². The highest BCUT2D eigenvalue weighted by Crippen LogP contribution is 2.23. The zero-order valence-electron chi connectivity index (χ0n) is 18.6. The molecular formula is C23H29F3N2O4S. The Bertz CT molecular complexity index is 1010. The number of alkyl halides is 3. The predicted molar refractivity (Wildman–Crippen MR) is 120 cm³/mol. The van der Waals surface area contributed by atoms with Crippen LogP contribution in [-0.4, -0.2) is 56.2 Å². The Kier molecular flexibility index (Phi) is 9.45. The minimum absolute atomic E-state index is 0.305. The van der Waals surface area contributed by atoms with Gasteiger partial charge in [-0.1, -0.05) is 43.3 Å². The fraction of sp³-hybridized carbons (Fsp3) is 0.435. The van der Waals surface area contributed by atoms with Crippen LogP contribution < -0.4 is 4.72 Å². The molecule has 6 nitrogen and oxygen atoms in total. The average molecular weight is 487 g/mol. The van der Waals surface area contributed by atoms with E-state index in [0.29, 0.717) is 17.5 Å². The highest BCUT2D eigenvalue weighted by Gasteiger charge is 2.38. The molecule has 2 N–H and O–H groups in total. The molecule has 182 valence electrons. The summed E-state index contributed by atoms with van der Waals surface area (Å²) in [7, 11) is -3.39. The van der Waals surface area contributed by atoms with Gasteiger partial charge in [0.1, 0.15) is 0 Å². The normalized spacial score (nSPS) is 16.8. The Balaban J connectivity index is 0.000000479. The van der Waals surface area contributed by atoms with Gasteiger partial charge in [-0.05, 0) is 61.6 Å². The molecule has 1 saturated heterocycles. The highest BCUT2D eigenvalue weighted by atomic mass is 32.2. The number of hydrogen-bond donors (Lipinski definition) is 2. The fourth-order valence-electron chi connectivity index (χ4n) is 3.56. The van der Waals surface area contributed by atoms with Gasteiger partial charge in [0.25, 0.3) is 0 Å². The van der Waals surface area contributed by atoms with Crippen molar-refractivity contribution in [3.8, 4) is 11.1 Å². The van der Waals surface area contributed by atoms with Crippen LogP contribution in [0.3, 0.4) is 0 Å². The first-order valence-electron chi connectivity index (χ1n) is 10.7. The Hall–Kier alpha value is -2.43. The smallest absolute Gasteiger partial charge is 0.475 e. The zero-order valence-corrected chi connectivity index (χ0v) is 19.4. The van der Waals surface area contributed by atoms with Gasteiger partial charge < -0.3 is 10.0 Å². The summed E-state index contributed by atoms with van der Waals surface area (Å²) in [5, 5.41) is 7.12. The molecular weight excluding hydrogens is 457 g/mol. The average Bonchev–Trinajstić information content (AvgIpc) is 3.17. The van der Waals surface area contributed by atoms with Crippen molar-refractivity contribution in [1.29, 1.82) is 0 Å². The van der Waals surface area contributed by atoms with Gasteiger partial charge >= 0.3 is 12.1 Å². The number of carbonyl (C=O) groups is 1. The van der Waals surface area contributed by atoms with Crippen molar-refractivity contribution >= 4 is 16.0 Å². The summed E-state index contributed by atoms with van der Waals surface area (Å²) in [6.45, 7) is 6.83. The van der Waals surface area contributed by atoms with E-state index in [2.05, 4.69) is 40.8 Å². The first-order valence-corrected chi connectivity index (χ1v) is 12.2. The molecule has 1 heterocycles. The van der Waals surface area contributed by atoms with Crippen LogP contribution >= 0.6 is 0 Å². The maximum absolute atomic E-state index is 12.0. The Morgan fingerprint density at radius 2 is 1.61 bits per heavy atom. The van der Waals surface area contributed by atoms with Crippen molar-refractivity contribution in [3.05, 3.63) is 54.1 Å². The summed E-state index contributed by atoms with van der Waals surface area (Å²) >= 11 is 0. The second-order valence-electron chi connectivity index (χ2n) is 7.80. The van der Waals surface area contributed by atoms with Crippen molar-refractivity contribution in [3.63, 3.8) is 0 Å². The molecule has 1 aliphatic heterocycles. The van der Waals surface area contributed by atoms with Crippen LogP contribution in [0.4, 0.5) is 13.2 Å². The molecule has 1 aliphatic rings. The summed E-state index contributed by atoms with van der Waals surface area (Å²) in [6.07, 6.45) is -1.37. The first-order chi connectivity index (χ1) is 15.4. The largest absolute Gasteiger partial charge is 0.490 e. The van der Waals surface area contributed by atoms with Crippen LogP contribution in [0.5, 0.6) is 0 Å². The highest BCUT2D eigenvalue weighted by molar-refractivity contribution is 7.89. The summed E-state index contributed by atoms with van der Waals surface area (Å²) in [5.41, 5.74) is 3.48. The number of halogens is 3. The summed E-state index contributed by atoms with van der Waals surface area (Å²) in [5.74, 6) is -2.76. The number of rotatable bonds is 7. The van der Waals surface area contributed by atoms with E-state index in [1.54, 1.807) is 19.1 Å². The summed E-state index contributed by atoms with van der Waals surface area (Å²) < 4.78 is 58.3. The number of benzene rings is 2. The number of nitrogens with zero attached hydrogens (tertiary/aromatic N) is 1. The van der Waals surface area contributed by atoms with E-state index in [9.17, 15) is 21.6 Å². The van der Waals surface area contributed by atoms with Crippen molar-refractivity contribution in [2.24, 2.45) is 0 Å². The van der Waals surface area contributed by atoms with Crippen LogP contribution in [0, 0.1) is 0 Å². The van der Waals surface area contributed by atoms with Gasteiger partial charge in [0.15, 0.2) is 0 Å². The quantitative estimate of drug-likeness (QED) is 0.609. The maximum Gasteiger partial charge on any atom is 0.490 e.